The average Bonchev–Trinajstić information content (AvgIpc) is 3.52. The van der Waals surface area contributed by atoms with Gasteiger partial charge in [0.25, 0.3) is 5.91 Å². The lowest BCUT2D eigenvalue weighted by Gasteiger charge is -2.04. The van der Waals surface area contributed by atoms with Gasteiger partial charge in [-0.3, -0.25) is 14.2 Å². The minimum absolute atomic E-state index is 0.280. The van der Waals surface area contributed by atoms with Crippen molar-refractivity contribution in [3.63, 3.8) is 0 Å². The molecule has 1 N–H and O–H groups in total. The van der Waals surface area contributed by atoms with E-state index >= 15 is 0 Å². The van der Waals surface area contributed by atoms with E-state index in [2.05, 4.69) is 50.7 Å². The largest absolute Gasteiger partial charge is 0.318 e. The van der Waals surface area contributed by atoms with Gasteiger partial charge in [0, 0.05) is 36.3 Å². The van der Waals surface area contributed by atoms with E-state index in [0.29, 0.717) is 17.9 Å². The van der Waals surface area contributed by atoms with Gasteiger partial charge in [0.15, 0.2) is 11.3 Å². The van der Waals surface area contributed by atoms with Crippen molar-refractivity contribution in [2.45, 2.75) is 33.9 Å². The Labute approximate surface area is 190 Å². The van der Waals surface area contributed by atoms with Gasteiger partial charge in [-0.15, -0.1) is 0 Å². The molecule has 4 heterocycles. The monoisotopic (exact) mass is 440 g/mol. The van der Waals surface area contributed by atoms with Crippen LogP contribution in [0.5, 0.6) is 0 Å². The summed E-state index contributed by atoms with van der Waals surface area (Å²) in [6.45, 7) is 7.54. The van der Waals surface area contributed by atoms with Crippen LogP contribution in [0, 0.1) is 13.8 Å². The summed E-state index contributed by atoms with van der Waals surface area (Å²) in [4.78, 5) is 17.3. The Bertz CT molecular complexity index is 1460. The zero-order valence-electron chi connectivity index (χ0n) is 18.7. The number of fused-ring (bicyclic) bond motifs is 1. The second-order valence-electron chi connectivity index (χ2n) is 7.96. The first kappa shape index (κ1) is 20.6. The second kappa shape index (κ2) is 8.34. The van der Waals surface area contributed by atoms with Gasteiger partial charge in [-0.25, -0.2) is 9.50 Å². The highest BCUT2D eigenvalue weighted by molar-refractivity contribution is 6.03. The Morgan fingerprint density at radius 3 is 2.76 bits per heavy atom. The van der Waals surface area contributed by atoms with Crippen LogP contribution in [0.25, 0.3) is 16.9 Å². The van der Waals surface area contributed by atoms with Gasteiger partial charge < -0.3 is 5.32 Å². The maximum Gasteiger partial charge on any atom is 0.276 e. The Kier molecular flexibility index (Phi) is 5.21. The van der Waals surface area contributed by atoms with Crippen LogP contribution in [0.4, 0.5) is 5.69 Å². The van der Waals surface area contributed by atoms with Gasteiger partial charge in [-0.1, -0.05) is 29.8 Å². The smallest absolute Gasteiger partial charge is 0.276 e. The normalized spacial score (nSPS) is 11.2. The number of rotatable bonds is 6. The predicted molar refractivity (Wildman–Crippen MR) is 125 cm³/mol. The molecule has 0 unspecified atom stereocenters. The number of aromatic nitrogens is 7. The summed E-state index contributed by atoms with van der Waals surface area (Å²) >= 11 is 0. The van der Waals surface area contributed by atoms with Gasteiger partial charge in [-0.2, -0.15) is 15.3 Å². The van der Waals surface area contributed by atoms with Crippen molar-refractivity contribution >= 4 is 17.2 Å². The molecule has 166 valence electrons. The molecule has 0 aliphatic heterocycles. The number of hydrogen-bond donors (Lipinski definition) is 1. The Morgan fingerprint density at radius 1 is 1.09 bits per heavy atom. The van der Waals surface area contributed by atoms with E-state index in [1.807, 2.05) is 43.1 Å². The quantitative estimate of drug-likeness (QED) is 0.434. The Hall–Kier alpha value is -4.27. The van der Waals surface area contributed by atoms with Crippen LogP contribution < -0.4 is 5.32 Å². The van der Waals surface area contributed by atoms with Gasteiger partial charge in [-0.05, 0) is 32.4 Å². The van der Waals surface area contributed by atoms with Crippen molar-refractivity contribution in [1.29, 1.82) is 0 Å². The molecule has 0 atom stereocenters. The molecule has 0 aliphatic carbocycles. The number of anilines is 1. The summed E-state index contributed by atoms with van der Waals surface area (Å²) in [6.07, 6.45) is 6.97. The van der Waals surface area contributed by atoms with Crippen LogP contribution >= 0.6 is 0 Å². The number of hydrogen-bond acceptors (Lipinski definition) is 5. The molecule has 33 heavy (non-hydrogen) atoms. The predicted octanol–water partition coefficient (Wildman–Crippen LogP) is 3.73. The van der Waals surface area contributed by atoms with Crippen LogP contribution in [0.2, 0.25) is 0 Å². The highest BCUT2D eigenvalue weighted by Crippen LogP contribution is 2.23. The molecule has 0 saturated heterocycles. The molecule has 9 nitrogen and oxygen atoms in total. The van der Waals surface area contributed by atoms with Crippen LogP contribution in [0.3, 0.4) is 0 Å². The fourth-order valence-corrected chi connectivity index (χ4v) is 3.93. The molecule has 0 bridgehead atoms. The fourth-order valence-electron chi connectivity index (χ4n) is 3.93. The first-order valence-corrected chi connectivity index (χ1v) is 10.8. The summed E-state index contributed by atoms with van der Waals surface area (Å²) in [6, 6.07) is 11.8. The highest BCUT2D eigenvalue weighted by atomic mass is 16.2. The lowest BCUT2D eigenvalue weighted by atomic mass is 10.1. The van der Waals surface area contributed by atoms with E-state index in [9.17, 15) is 4.79 Å². The molecule has 5 aromatic rings. The zero-order chi connectivity index (χ0) is 22.9. The van der Waals surface area contributed by atoms with Crippen molar-refractivity contribution < 1.29 is 4.79 Å². The molecule has 0 spiro atoms. The van der Waals surface area contributed by atoms with E-state index in [1.54, 1.807) is 27.7 Å². The fraction of sp³-hybridized carbons (Fsp3) is 0.208. The van der Waals surface area contributed by atoms with E-state index in [-0.39, 0.29) is 11.6 Å². The Morgan fingerprint density at radius 2 is 1.97 bits per heavy atom. The molecular formula is C24H24N8O. The molecule has 0 saturated carbocycles. The number of nitrogens with zero attached hydrogens (tertiary/aromatic N) is 7. The molecule has 5 rings (SSSR count). The number of carbonyl (C=O) groups is 1. The highest BCUT2D eigenvalue weighted by Gasteiger charge is 2.17. The third kappa shape index (κ3) is 4.00. The van der Waals surface area contributed by atoms with Crippen molar-refractivity contribution in [1.82, 2.24) is 34.2 Å². The molecule has 1 aromatic carbocycles. The molecule has 4 aromatic heterocycles. The lowest BCUT2D eigenvalue weighted by Crippen LogP contribution is -2.12. The van der Waals surface area contributed by atoms with Crippen molar-refractivity contribution in [3.8, 4) is 11.3 Å². The Balaban J connectivity index is 1.37. The number of amides is 1. The van der Waals surface area contributed by atoms with E-state index < -0.39 is 0 Å². The van der Waals surface area contributed by atoms with E-state index in [1.165, 1.54) is 5.56 Å². The number of aryl methyl sites for hydroxylation is 2. The van der Waals surface area contributed by atoms with Crippen LogP contribution in [-0.2, 0) is 13.1 Å². The van der Waals surface area contributed by atoms with Crippen LogP contribution in [0.1, 0.15) is 34.2 Å². The maximum atomic E-state index is 12.9. The molecule has 0 aliphatic rings. The van der Waals surface area contributed by atoms with Gasteiger partial charge >= 0.3 is 0 Å². The minimum atomic E-state index is -0.317. The molecular weight excluding hydrogens is 416 g/mol. The minimum Gasteiger partial charge on any atom is -0.318 e. The van der Waals surface area contributed by atoms with Crippen molar-refractivity contribution in [2.24, 2.45) is 0 Å². The van der Waals surface area contributed by atoms with Crippen LogP contribution in [0.15, 0.2) is 61.2 Å². The van der Waals surface area contributed by atoms with Crippen molar-refractivity contribution in [2.75, 3.05) is 5.32 Å². The molecule has 1 amide bonds. The van der Waals surface area contributed by atoms with E-state index in [0.717, 1.165) is 29.1 Å². The summed E-state index contributed by atoms with van der Waals surface area (Å²) in [5, 5.41) is 16.2. The molecule has 0 fully saturated rings. The number of carbonyl (C=O) groups excluding carboxylic acids is 1. The zero-order valence-corrected chi connectivity index (χ0v) is 18.7. The first-order valence-electron chi connectivity index (χ1n) is 10.8. The summed E-state index contributed by atoms with van der Waals surface area (Å²) in [5.74, 6) is -0.317. The van der Waals surface area contributed by atoms with Gasteiger partial charge in [0.2, 0.25) is 0 Å². The van der Waals surface area contributed by atoms with E-state index in [4.69, 9.17) is 0 Å². The van der Waals surface area contributed by atoms with Crippen LogP contribution in [-0.4, -0.2) is 40.1 Å². The third-order valence-electron chi connectivity index (χ3n) is 5.59. The number of nitrogens with one attached hydrogen (secondary N) is 1. The summed E-state index contributed by atoms with van der Waals surface area (Å²) in [5.41, 5.74) is 6.66. The van der Waals surface area contributed by atoms with Gasteiger partial charge in [0.1, 0.15) is 0 Å². The van der Waals surface area contributed by atoms with Crippen molar-refractivity contribution in [3.05, 3.63) is 83.7 Å². The third-order valence-corrected chi connectivity index (χ3v) is 5.59. The first-order chi connectivity index (χ1) is 16.0. The molecule has 9 heteroatoms. The maximum absolute atomic E-state index is 12.9. The average molecular weight is 441 g/mol. The van der Waals surface area contributed by atoms with Gasteiger partial charge in [0.05, 0.1) is 30.3 Å². The lowest BCUT2D eigenvalue weighted by molar-refractivity contribution is 0.102. The standard InChI is InChI=1S/C24H24N8O/c1-4-31-17(3)20(13-27-31)22-8-9-25-23-11-21(29-32(22)23)24(33)28-19-12-26-30(15-19)14-18-7-5-6-16(2)10-18/h5-13,15H,4,14H2,1-3H3,(H,28,33). The number of benzene rings is 1. The summed E-state index contributed by atoms with van der Waals surface area (Å²) < 4.78 is 5.40. The topological polar surface area (TPSA) is 94.9 Å². The second-order valence-corrected chi connectivity index (χ2v) is 7.96. The molecule has 0 radical (unpaired) electrons. The summed E-state index contributed by atoms with van der Waals surface area (Å²) in [7, 11) is 0. The SMILES string of the molecule is CCn1ncc(-c2ccnc3cc(C(=O)Nc4cnn(Cc5cccc(C)c5)c4)nn23)c1C.